The molecule has 4 saturated carbocycles. The first-order chi connectivity index (χ1) is 15.0. The van der Waals surface area contributed by atoms with Crippen molar-refractivity contribution in [1.29, 1.82) is 0 Å². The molecule has 1 amide bonds. The summed E-state index contributed by atoms with van der Waals surface area (Å²) in [6, 6.07) is 8.43. The Morgan fingerprint density at radius 3 is 2.44 bits per heavy atom. The fraction of sp³-hybridized carbons (Fsp3) is 0.565. The molecule has 32 heavy (non-hydrogen) atoms. The number of carbonyl (C=O) groups is 1. The van der Waals surface area contributed by atoms with Crippen LogP contribution in [0.5, 0.6) is 0 Å². The Morgan fingerprint density at radius 1 is 1.16 bits per heavy atom. The summed E-state index contributed by atoms with van der Waals surface area (Å²) in [7, 11) is -4.79. The smallest absolute Gasteiger partial charge is 0.361 e. The Hall–Kier alpha value is -2.23. The van der Waals surface area contributed by atoms with E-state index in [1.807, 2.05) is 0 Å². The fourth-order valence-corrected chi connectivity index (χ4v) is 7.66. The van der Waals surface area contributed by atoms with Gasteiger partial charge in [-0.2, -0.15) is 8.42 Å². The lowest BCUT2D eigenvalue weighted by atomic mass is 9.52. The Kier molecular flexibility index (Phi) is 4.82. The van der Waals surface area contributed by atoms with Gasteiger partial charge in [-0.3, -0.25) is 14.3 Å². The summed E-state index contributed by atoms with van der Waals surface area (Å²) in [5, 5.41) is 14.6. The maximum Gasteiger partial charge on any atom is 0.361 e. The molecule has 6 rings (SSSR count). The lowest BCUT2D eigenvalue weighted by molar-refractivity contribution is -0.148. The molecular weight excluding hydrogens is 430 g/mol. The number of anilines is 1. The number of amides is 1. The molecule has 1 aromatic carbocycles. The summed E-state index contributed by atoms with van der Waals surface area (Å²) in [5.41, 5.74) is -1.71. The van der Waals surface area contributed by atoms with Crippen molar-refractivity contribution in [2.24, 2.45) is 17.8 Å². The Morgan fingerprint density at radius 2 is 1.81 bits per heavy atom. The van der Waals surface area contributed by atoms with Crippen molar-refractivity contribution in [3.63, 3.8) is 0 Å². The SMILES string of the molecule is CC(C)(C(=O)NC1C2CC3CC1CC(O)(C3)C2)N(c1cccc2cccnc12)S(=O)(=O)O. The van der Waals surface area contributed by atoms with E-state index in [0.29, 0.717) is 29.7 Å². The van der Waals surface area contributed by atoms with Crippen molar-refractivity contribution >= 4 is 32.8 Å². The van der Waals surface area contributed by atoms with Gasteiger partial charge in [0.2, 0.25) is 5.91 Å². The number of fused-ring (bicyclic) bond motifs is 1. The number of nitrogens with zero attached hydrogens (tertiary/aromatic N) is 2. The number of hydrogen-bond acceptors (Lipinski definition) is 5. The first-order valence-electron chi connectivity index (χ1n) is 11.1. The predicted molar refractivity (Wildman–Crippen MR) is 120 cm³/mol. The number of benzene rings is 1. The number of rotatable bonds is 5. The van der Waals surface area contributed by atoms with Crippen LogP contribution in [0.15, 0.2) is 36.5 Å². The normalized spacial score (nSPS) is 31.6. The lowest BCUT2D eigenvalue weighted by Gasteiger charge is -2.58. The third-order valence-electron chi connectivity index (χ3n) is 7.66. The highest BCUT2D eigenvalue weighted by Crippen LogP contribution is 2.55. The molecule has 8 nitrogen and oxygen atoms in total. The highest BCUT2D eigenvalue weighted by Gasteiger charge is 2.56. The van der Waals surface area contributed by atoms with Crippen molar-refractivity contribution in [2.45, 2.75) is 63.1 Å². The molecule has 4 aliphatic rings. The molecule has 172 valence electrons. The average Bonchev–Trinajstić information content (AvgIpc) is 2.68. The van der Waals surface area contributed by atoms with Crippen molar-refractivity contribution in [3.05, 3.63) is 36.5 Å². The highest BCUT2D eigenvalue weighted by molar-refractivity contribution is 7.87. The van der Waals surface area contributed by atoms with E-state index in [9.17, 15) is 22.9 Å². The zero-order chi connectivity index (χ0) is 22.9. The van der Waals surface area contributed by atoms with Crippen molar-refractivity contribution in [1.82, 2.24) is 10.3 Å². The van der Waals surface area contributed by atoms with Crippen LogP contribution in [0.1, 0.15) is 46.0 Å². The van der Waals surface area contributed by atoms with Gasteiger partial charge in [0, 0.05) is 17.6 Å². The van der Waals surface area contributed by atoms with Crippen LogP contribution in [0.2, 0.25) is 0 Å². The lowest BCUT2D eigenvalue weighted by Crippen LogP contribution is -2.65. The minimum absolute atomic E-state index is 0.104. The van der Waals surface area contributed by atoms with E-state index in [2.05, 4.69) is 10.3 Å². The van der Waals surface area contributed by atoms with Gasteiger partial charge in [-0.25, -0.2) is 4.31 Å². The van der Waals surface area contributed by atoms with Crippen LogP contribution in [0.4, 0.5) is 5.69 Å². The van der Waals surface area contributed by atoms with Crippen LogP contribution in [0, 0.1) is 17.8 Å². The Bertz CT molecular complexity index is 1160. The number of para-hydroxylation sites is 1. The third kappa shape index (κ3) is 3.47. The number of carbonyl (C=O) groups excluding carboxylic acids is 1. The molecule has 0 radical (unpaired) electrons. The van der Waals surface area contributed by atoms with E-state index < -0.39 is 27.4 Å². The second-order valence-corrected chi connectivity index (χ2v) is 11.6. The first-order valence-corrected chi connectivity index (χ1v) is 12.5. The standard InChI is InChI=1S/C23H29N3O5S/c1-22(2,21(27)25-19-16-9-14-10-17(19)13-23(28,11-14)12-16)26(32(29,30)31)18-7-3-5-15-6-4-8-24-20(15)18/h3-8,14,16-17,19,28H,9-13H2,1-2H3,(H,25,27)(H,29,30,31). The van der Waals surface area contributed by atoms with Gasteiger partial charge in [-0.05, 0) is 75.8 Å². The van der Waals surface area contributed by atoms with Crippen molar-refractivity contribution < 1.29 is 22.9 Å². The summed E-state index contributed by atoms with van der Waals surface area (Å²) in [4.78, 5) is 17.8. The summed E-state index contributed by atoms with van der Waals surface area (Å²) >= 11 is 0. The number of hydrogen-bond donors (Lipinski definition) is 3. The van der Waals surface area contributed by atoms with Crippen molar-refractivity contribution in [2.75, 3.05) is 4.31 Å². The quantitative estimate of drug-likeness (QED) is 0.592. The average molecular weight is 460 g/mol. The summed E-state index contributed by atoms with van der Waals surface area (Å²) in [6.45, 7) is 2.98. The van der Waals surface area contributed by atoms with Gasteiger partial charge in [0.25, 0.3) is 0 Å². The Labute approximate surface area is 187 Å². The van der Waals surface area contributed by atoms with E-state index in [1.54, 1.807) is 30.5 Å². The maximum atomic E-state index is 13.5. The van der Waals surface area contributed by atoms with Crippen LogP contribution in [0.3, 0.4) is 0 Å². The second kappa shape index (κ2) is 7.13. The van der Waals surface area contributed by atoms with E-state index >= 15 is 0 Å². The van der Waals surface area contributed by atoms with Crippen LogP contribution < -0.4 is 9.62 Å². The van der Waals surface area contributed by atoms with Gasteiger partial charge in [-0.1, -0.05) is 18.2 Å². The van der Waals surface area contributed by atoms with Crippen LogP contribution >= 0.6 is 0 Å². The Balaban J connectivity index is 1.48. The molecular formula is C23H29N3O5S. The maximum absolute atomic E-state index is 13.5. The molecule has 4 aliphatic carbocycles. The monoisotopic (exact) mass is 459 g/mol. The molecule has 4 fully saturated rings. The largest absolute Gasteiger partial charge is 0.390 e. The topological polar surface area (TPSA) is 120 Å². The molecule has 9 heteroatoms. The van der Waals surface area contributed by atoms with Gasteiger partial charge in [0.15, 0.2) is 0 Å². The van der Waals surface area contributed by atoms with Gasteiger partial charge >= 0.3 is 10.3 Å². The molecule has 1 aromatic heterocycles. The fourth-order valence-electron chi connectivity index (χ4n) is 6.60. The molecule has 2 unspecified atom stereocenters. The first kappa shape index (κ1) is 21.6. The predicted octanol–water partition coefficient (Wildman–Crippen LogP) is 2.68. The summed E-state index contributed by atoms with van der Waals surface area (Å²) in [5.74, 6) is 0.385. The van der Waals surface area contributed by atoms with Crippen LogP contribution in [0.25, 0.3) is 10.9 Å². The molecule has 0 saturated heterocycles. The van der Waals surface area contributed by atoms with Gasteiger partial charge < -0.3 is 10.4 Å². The van der Waals surface area contributed by atoms with E-state index in [1.165, 1.54) is 19.9 Å². The highest BCUT2D eigenvalue weighted by atomic mass is 32.2. The number of aromatic nitrogens is 1. The summed E-state index contributed by atoms with van der Waals surface area (Å²) < 4.78 is 36.0. The molecule has 2 aromatic rings. The minimum atomic E-state index is -4.79. The third-order valence-corrected chi connectivity index (χ3v) is 8.78. The van der Waals surface area contributed by atoms with Gasteiger partial charge in [0.05, 0.1) is 16.8 Å². The zero-order valence-corrected chi connectivity index (χ0v) is 19.0. The van der Waals surface area contributed by atoms with E-state index in [-0.39, 0.29) is 23.6 Å². The molecule has 3 N–H and O–H groups in total. The van der Waals surface area contributed by atoms with Gasteiger partial charge in [0.1, 0.15) is 5.54 Å². The van der Waals surface area contributed by atoms with E-state index in [0.717, 1.165) is 23.6 Å². The van der Waals surface area contributed by atoms with Crippen molar-refractivity contribution in [3.8, 4) is 0 Å². The summed E-state index contributed by atoms with van der Waals surface area (Å²) in [6.07, 6.45) is 5.66. The molecule has 4 bridgehead atoms. The number of pyridine rings is 1. The molecule has 1 heterocycles. The second-order valence-electron chi connectivity index (χ2n) is 10.3. The molecule has 2 atom stereocenters. The zero-order valence-electron chi connectivity index (χ0n) is 18.2. The number of aliphatic hydroxyl groups is 1. The molecule has 0 spiro atoms. The number of nitrogens with one attached hydrogen (secondary N) is 1. The van der Waals surface area contributed by atoms with Crippen LogP contribution in [-0.4, -0.2) is 46.2 Å². The molecule has 0 aliphatic heterocycles. The minimum Gasteiger partial charge on any atom is -0.390 e. The van der Waals surface area contributed by atoms with Gasteiger partial charge in [-0.15, -0.1) is 0 Å². The van der Waals surface area contributed by atoms with E-state index in [4.69, 9.17) is 0 Å². The van der Waals surface area contributed by atoms with Crippen LogP contribution in [-0.2, 0) is 15.1 Å².